The zero-order chi connectivity index (χ0) is 23.1. The van der Waals surface area contributed by atoms with E-state index in [4.69, 9.17) is 0 Å². The fourth-order valence-electron chi connectivity index (χ4n) is 5.98. The smallest absolute Gasteiger partial charge is 0.198 e. The molecule has 5 rings (SSSR count). The standard InChI is InChI=1S/C32H36N/c1-21-9-8-10-22(2)31(21)27-14-16-29(23(3)17-27)32-30-15-13-26(19-25-11-6-7-12-25)20-28(30)18-24(4)33(32)5/h8-10,13-18,20,25H,6-7,11-12,19H2,1-5H3/q+1. The number of hydrogen-bond donors (Lipinski definition) is 0. The largest absolute Gasteiger partial charge is 0.220 e. The Bertz CT molecular complexity index is 1320. The van der Waals surface area contributed by atoms with Gasteiger partial charge in [-0.2, -0.15) is 4.57 Å². The molecule has 4 aromatic rings. The lowest BCUT2D eigenvalue weighted by Gasteiger charge is -2.15. The summed E-state index contributed by atoms with van der Waals surface area (Å²) in [7, 11) is 2.20. The molecule has 1 aliphatic rings. The van der Waals surface area contributed by atoms with Gasteiger partial charge in [-0.05, 0) is 84.0 Å². The molecule has 0 unspecified atom stereocenters. The van der Waals surface area contributed by atoms with E-state index in [0.29, 0.717) is 0 Å². The van der Waals surface area contributed by atoms with Crippen LogP contribution in [0.25, 0.3) is 33.2 Å². The Morgan fingerprint density at radius 2 is 1.52 bits per heavy atom. The first-order valence-corrected chi connectivity index (χ1v) is 12.5. The third-order valence-corrected chi connectivity index (χ3v) is 7.85. The highest BCUT2D eigenvalue weighted by molar-refractivity contribution is 5.94. The molecular weight excluding hydrogens is 398 g/mol. The highest BCUT2D eigenvalue weighted by Crippen LogP contribution is 2.35. The van der Waals surface area contributed by atoms with Crippen molar-refractivity contribution in [1.82, 2.24) is 0 Å². The SMILES string of the molecule is Cc1cc(-c2c(C)cccc2C)ccc1-c1c2ccc(CC3CCCC3)cc2cc(C)[n+]1C. The van der Waals surface area contributed by atoms with Crippen molar-refractivity contribution in [2.24, 2.45) is 13.0 Å². The first kappa shape index (κ1) is 21.9. The topological polar surface area (TPSA) is 3.88 Å². The minimum atomic E-state index is 0.877. The van der Waals surface area contributed by atoms with Crippen LogP contribution < -0.4 is 4.57 Å². The lowest BCUT2D eigenvalue weighted by atomic mass is 9.91. The molecule has 1 aliphatic carbocycles. The normalized spacial score (nSPS) is 14.3. The van der Waals surface area contributed by atoms with E-state index in [1.165, 1.54) is 93.2 Å². The molecule has 0 bridgehead atoms. The van der Waals surface area contributed by atoms with Crippen molar-refractivity contribution in [3.05, 3.63) is 88.6 Å². The maximum atomic E-state index is 2.45. The Labute approximate surface area is 199 Å². The van der Waals surface area contributed by atoms with Crippen molar-refractivity contribution in [1.29, 1.82) is 0 Å². The molecule has 0 radical (unpaired) electrons. The Morgan fingerprint density at radius 1 is 0.788 bits per heavy atom. The molecule has 0 atom stereocenters. The van der Waals surface area contributed by atoms with Crippen LogP contribution in [0.3, 0.4) is 0 Å². The molecule has 0 amide bonds. The van der Waals surface area contributed by atoms with Crippen LogP contribution in [0.2, 0.25) is 0 Å². The Hall–Kier alpha value is -2.93. The molecule has 1 aromatic heterocycles. The quantitative estimate of drug-likeness (QED) is 0.287. The third kappa shape index (κ3) is 4.10. The van der Waals surface area contributed by atoms with E-state index in [1.54, 1.807) is 0 Å². The van der Waals surface area contributed by atoms with Gasteiger partial charge in [0.2, 0.25) is 5.69 Å². The van der Waals surface area contributed by atoms with Crippen molar-refractivity contribution in [3.63, 3.8) is 0 Å². The van der Waals surface area contributed by atoms with Gasteiger partial charge in [-0.1, -0.05) is 68.1 Å². The number of aryl methyl sites for hydroxylation is 4. The van der Waals surface area contributed by atoms with Crippen molar-refractivity contribution in [3.8, 4) is 22.4 Å². The van der Waals surface area contributed by atoms with Crippen LogP contribution in [0.15, 0.2) is 60.7 Å². The molecular formula is C32H36N+. The number of fused-ring (bicyclic) bond motifs is 1. The van der Waals surface area contributed by atoms with Gasteiger partial charge in [0.25, 0.3) is 0 Å². The van der Waals surface area contributed by atoms with Crippen molar-refractivity contribution in [2.75, 3.05) is 0 Å². The monoisotopic (exact) mass is 434 g/mol. The molecule has 1 nitrogen and oxygen atoms in total. The van der Waals surface area contributed by atoms with Crippen LogP contribution >= 0.6 is 0 Å². The summed E-state index contributed by atoms with van der Waals surface area (Å²) in [5.41, 5.74) is 12.1. The number of nitrogens with zero attached hydrogens (tertiary/aromatic N) is 1. The van der Waals surface area contributed by atoms with Crippen LogP contribution in [-0.4, -0.2) is 0 Å². The summed E-state index contributed by atoms with van der Waals surface area (Å²) in [4.78, 5) is 0. The second-order valence-electron chi connectivity index (χ2n) is 10.3. The van der Waals surface area contributed by atoms with E-state index in [0.717, 1.165) is 5.92 Å². The summed E-state index contributed by atoms with van der Waals surface area (Å²) in [5.74, 6) is 0.877. The van der Waals surface area contributed by atoms with E-state index in [1.807, 2.05) is 0 Å². The summed E-state index contributed by atoms with van der Waals surface area (Å²) in [6, 6.07) is 23.1. The predicted molar refractivity (Wildman–Crippen MR) is 141 cm³/mol. The lowest BCUT2D eigenvalue weighted by Crippen LogP contribution is -2.35. The molecule has 1 heteroatoms. The third-order valence-electron chi connectivity index (χ3n) is 7.85. The number of rotatable bonds is 4. The molecule has 3 aromatic carbocycles. The molecule has 0 spiro atoms. The van der Waals surface area contributed by atoms with Gasteiger partial charge < -0.3 is 0 Å². The Morgan fingerprint density at radius 3 is 2.21 bits per heavy atom. The summed E-state index contributed by atoms with van der Waals surface area (Å²) >= 11 is 0. The van der Waals surface area contributed by atoms with Gasteiger partial charge in [-0.25, -0.2) is 0 Å². The van der Waals surface area contributed by atoms with E-state index < -0.39 is 0 Å². The molecule has 1 fully saturated rings. The van der Waals surface area contributed by atoms with Gasteiger partial charge >= 0.3 is 0 Å². The van der Waals surface area contributed by atoms with Crippen LogP contribution in [0, 0.1) is 33.6 Å². The molecule has 0 N–H and O–H groups in total. The first-order valence-electron chi connectivity index (χ1n) is 12.5. The second-order valence-corrected chi connectivity index (χ2v) is 10.3. The number of benzene rings is 3. The molecule has 1 saturated carbocycles. The molecule has 0 aliphatic heterocycles. The van der Waals surface area contributed by atoms with E-state index in [9.17, 15) is 0 Å². The minimum Gasteiger partial charge on any atom is -0.198 e. The fourth-order valence-corrected chi connectivity index (χ4v) is 5.98. The van der Waals surface area contributed by atoms with Gasteiger partial charge in [-0.3, -0.25) is 0 Å². The average molecular weight is 435 g/mol. The highest BCUT2D eigenvalue weighted by atomic mass is 14.9. The van der Waals surface area contributed by atoms with E-state index >= 15 is 0 Å². The van der Waals surface area contributed by atoms with Gasteiger partial charge in [0.1, 0.15) is 7.05 Å². The summed E-state index contributed by atoms with van der Waals surface area (Å²) in [5, 5.41) is 2.72. The number of pyridine rings is 1. The van der Waals surface area contributed by atoms with E-state index in [-0.39, 0.29) is 0 Å². The highest BCUT2D eigenvalue weighted by Gasteiger charge is 2.21. The van der Waals surface area contributed by atoms with Crippen LogP contribution in [0.1, 0.15) is 53.6 Å². The summed E-state index contributed by atoms with van der Waals surface area (Å²) < 4.78 is 2.36. The van der Waals surface area contributed by atoms with Gasteiger partial charge in [0, 0.05) is 18.6 Å². The van der Waals surface area contributed by atoms with Crippen LogP contribution in [0.4, 0.5) is 0 Å². The molecule has 33 heavy (non-hydrogen) atoms. The maximum absolute atomic E-state index is 2.45. The lowest BCUT2D eigenvalue weighted by molar-refractivity contribution is -0.665. The van der Waals surface area contributed by atoms with Crippen LogP contribution in [0.5, 0.6) is 0 Å². The van der Waals surface area contributed by atoms with Crippen molar-refractivity contribution >= 4 is 10.8 Å². The molecule has 1 heterocycles. The molecule has 0 saturated heterocycles. The van der Waals surface area contributed by atoms with Crippen molar-refractivity contribution < 1.29 is 4.57 Å². The molecule has 168 valence electrons. The number of aromatic nitrogens is 1. The summed E-state index contributed by atoms with van der Waals surface area (Å²) in [6.45, 7) is 8.91. The van der Waals surface area contributed by atoms with E-state index in [2.05, 4.69) is 100.0 Å². The summed E-state index contributed by atoms with van der Waals surface area (Å²) in [6.07, 6.45) is 6.86. The fraction of sp³-hybridized carbons (Fsp3) is 0.344. The van der Waals surface area contributed by atoms with Crippen molar-refractivity contribution in [2.45, 2.75) is 59.8 Å². The average Bonchev–Trinajstić information content (AvgIpc) is 3.28. The van der Waals surface area contributed by atoms with Gasteiger partial charge in [0.15, 0.2) is 5.69 Å². The predicted octanol–water partition coefficient (Wildman–Crippen LogP) is 7.96. The first-order chi connectivity index (χ1) is 15.9. The number of hydrogen-bond acceptors (Lipinski definition) is 0. The van der Waals surface area contributed by atoms with Gasteiger partial charge in [-0.15, -0.1) is 0 Å². The Balaban J connectivity index is 1.61. The van der Waals surface area contributed by atoms with Crippen LogP contribution in [-0.2, 0) is 13.5 Å². The maximum Gasteiger partial charge on any atom is 0.220 e. The minimum absolute atomic E-state index is 0.877. The van der Waals surface area contributed by atoms with Gasteiger partial charge in [0.05, 0.1) is 5.39 Å². The zero-order valence-electron chi connectivity index (χ0n) is 20.8. The Kier molecular flexibility index (Phi) is 5.83. The zero-order valence-corrected chi connectivity index (χ0v) is 20.8. The second kappa shape index (κ2) is 8.78.